The molecule has 3 N–H and O–H groups in total. The van der Waals surface area contributed by atoms with Crippen molar-refractivity contribution in [1.29, 1.82) is 0 Å². The molecule has 1 aromatic carbocycles. The highest BCUT2D eigenvalue weighted by molar-refractivity contribution is 6.00. The number of likely N-dealkylation sites (tertiary alicyclic amines) is 1. The van der Waals surface area contributed by atoms with Crippen molar-refractivity contribution < 1.29 is 19.1 Å². The highest BCUT2D eigenvalue weighted by Crippen LogP contribution is 2.37. The quantitative estimate of drug-likeness (QED) is 0.422. The molecule has 1 aliphatic rings. The number of nitrogens with zero attached hydrogens (tertiary/aromatic N) is 6. The molecule has 3 amide bonds. The number of ether oxygens (including phenoxy) is 1. The van der Waals surface area contributed by atoms with Crippen LogP contribution in [-0.2, 0) is 16.6 Å². The number of methoxy groups -OCH3 is 1. The topological polar surface area (TPSA) is 156 Å². The van der Waals surface area contributed by atoms with Gasteiger partial charge in [0.05, 0.1) is 30.0 Å². The lowest BCUT2D eigenvalue weighted by molar-refractivity contribution is -0.148. The highest BCUT2D eigenvalue weighted by atomic mass is 16.5. The molecular formula is C25H31N9O4. The summed E-state index contributed by atoms with van der Waals surface area (Å²) in [6, 6.07) is 6.92. The maximum atomic E-state index is 12.8. The van der Waals surface area contributed by atoms with Crippen molar-refractivity contribution in [2.24, 2.45) is 18.4 Å². The van der Waals surface area contributed by atoms with E-state index in [2.05, 4.69) is 36.2 Å². The number of carbonyl (C=O) groups is 3. The SMILES string of the molecule is CNC(=O)c1nnc(NC(=O)C2CN(C(=O)C(C)(C)C)C2)cc1Nc1cccc(-c2ncn(C)n2)c1OC. The Balaban J connectivity index is 1.57. The molecule has 3 aromatic rings. The third-order valence-corrected chi connectivity index (χ3v) is 6.00. The zero-order valence-electron chi connectivity index (χ0n) is 22.2. The number of para-hydroxylation sites is 1. The van der Waals surface area contributed by atoms with Gasteiger partial charge in [-0.15, -0.1) is 10.2 Å². The number of aromatic nitrogens is 5. The van der Waals surface area contributed by atoms with Crippen LogP contribution in [-0.4, -0.2) is 74.8 Å². The van der Waals surface area contributed by atoms with E-state index in [0.717, 1.165) is 0 Å². The summed E-state index contributed by atoms with van der Waals surface area (Å²) in [7, 11) is 4.77. The molecule has 0 radical (unpaired) electrons. The molecular weight excluding hydrogens is 490 g/mol. The summed E-state index contributed by atoms with van der Waals surface area (Å²) in [5, 5.41) is 20.9. The van der Waals surface area contributed by atoms with Gasteiger partial charge in [-0.2, -0.15) is 5.10 Å². The van der Waals surface area contributed by atoms with Gasteiger partial charge in [0.1, 0.15) is 6.33 Å². The molecule has 2 aromatic heterocycles. The monoisotopic (exact) mass is 521 g/mol. The first-order valence-electron chi connectivity index (χ1n) is 12.0. The molecule has 0 atom stereocenters. The van der Waals surface area contributed by atoms with Gasteiger partial charge in [0.2, 0.25) is 11.8 Å². The van der Waals surface area contributed by atoms with Crippen LogP contribution in [0.5, 0.6) is 5.75 Å². The van der Waals surface area contributed by atoms with E-state index in [0.29, 0.717) is 41.6 Å². The number of amides is 3. The van der Waals surface area contributed by atoms with Gasteiger partial charge >= 0.3 is 0 Å². The van der Waals surface area contributed by atoms with Crippen LogP contribution in [0.4, 0.5) is 17.2 Å². The van der Waals surface area contributed by atoms with E-state index in [1.807, 2.05) is 26.8 Å². The second-order valence-electron chi connectivity index (χ2n) is 9.97. The first-order chi connectivity index (χ1) is 18.0. The van der Waals surface area contributed by atoms with E-state index in [4.69, 9.17) is 4.74 Å². The summed E-state index contributed by atoms with van der Waals surface area (Å²) < 4.78 is 7.23. The second kappa shape index (κ2) is 10.4. The van der Waals surface area contributed by atoms with Crippen LogP contribution >= 0.6 is 0 Å². The number of nitrogens with one attached hydrogen (secondary N) is 3. The third-order valence-electron chi connectivity index (χ3n) is 6.00. The van der Waals surface area contributed by atoms with E-state index in [1.54, 1.807) is 35.1 Å². The summed E-state index contributed by atoms with van der Waals surface area (Å²) in [6.45, 7) is 6.21. The molecule has 3 heterocycles. The fourth-order valence-electron chi connectivity index (χ4n) is 3.99. The van der Waals surface area contributed by atoms with Crippen molar-refractivity contribution in [2.75, 3.05) is 37.9 Å². The molecule has 200 valence electrons. The molecule has 1 aliphatic heterocycles. The average molecular weight is 522 g/mol. The van der Waals surface area contributed by atoms with Crippen LogP contribution in [0.15, 0.2) is 30.6 Å². The van der Waals surface area contributed by atoms with Gasteiger partial charge in [0.15, 0.2) is 23.1 Å². The van der Waals surface area contributed by atoms with E-state index < -0.39 is 11.3 Å². The zero-order chi connectivity index (χ0) is 27.6. The molecule has 0 saturated carbocycles. The standard InChI is InChI=1S/C25H31N9O4/c1-25(2,3)24(37)34-11-14(12-34)22(35)29-18-10-17(19(31-30-18)23(36)26-4)28-16-9-7-8-15(20(16)38-6)21-27-13-33(5)32-21/h7-10,13-14H,11-12H2,1-6H3,(H,26,36)(H2,28,29,30,35). The Kier molecular flexibility index (Phi) is 7.28. The van der Waals surface area contributed by atoms with Crippen molar-refractivity contribution in [2.45, 2.75) is 20.8 Å². The zero-order valence-corrected chi connectivity index (χ0v) is 22.2. The predicted octanol–water partition coefficient (Wildman–Crippen LogP) is 1.83. The van der Waals surface area contributed by atoms with Crippen LogP contribution < -0.4 is 20.7 Å². The van der Waals surface area contributed by atoms with Gasteiger partial charge in [-0.1, -0.05) is 26.8 Å². The summed E-state index contributed by atoms with van der Waals surface area (Å²) in [5.74, 6) is -0.0128. The number of anilines is 3. The minimum Gasteiger partial charge on any atom is -0.494 e. The van der Waals surface area contributed by atoms with Gasteiger partial charge < -0.3 is 25.6 Å². The van der Waals surface area contributed by atoms with Crippen molar-refractivity contribution >= 4 is 34.9 Å². The first kappa shape index (κ1) is 26.5. The van der Waals surface area contributed by atoms with Crippen LogP contribution in [0, 0.1) is 11.3 Å². The van der Waals surface area contributed by atoms with E-state index >= 15 is 0 Å². The number of hydrogen-bond acceptors (Lipinski definition) is 9. The minimum absolute atomic E-state index is 0.000149. The number of rotatable bonds is 7. The van der Waals surface area contributed by atoms with Gasteiger partial charge in [0, 0.05) is 38.7 Å². The average Bonchev–Trinajstić information content (AvgIpc) is 3.28. The van der Waals surface area contributed by atoms with Gasteiger partial charge in [0.25, 0.3) is 5.91 Å². The van der Waals surface area contributed by atoms with Crippen LogP contribution in [0.25, 0.3) is 11.4 Å². The number of hydrogen-bond donors (Lipinski definition) is 3. The van der Waals surface area contributed by atoms with Crippen LogP contribution in [0.2, 0.25) is 0 Å². The lowest BCUT2D eigenvalue weighted by atomic mass is 9.90. The molecule has 0 unspecified atom stereocenters. The molecule has 0 bridgehead atoms. The Morgan fingerprint density at radius 1 is 1.11 bits per heavy atom. The Labute approximate surface area is 220 Å². The van der Waals surface area contributed by atoms with Gasteiger partial charge in [-0.25, -0.2) is 4.98 Å². The lowest BCUT2D eigenvalue weighted by Gasteiger charge is -2.41. The van der Waals surface area contributed by atoms with Crippen molar-refractivity contribution in [3.63, 3.8) is 0 Å². The lowest BCUT2D eigenvalue weighted by Crippen LogP contribution is -2.57. The first-order valence-corrected chi connectivity index (χ1v) is 12.0. The van der Waals surface area contributed by atoms with E-state index in [-0.39, 0.29) is 29.2 Å². The Morgan fingerprint density at radius 2 is 1.84 bits per heavy atom. The maximum Gasteiger partial charge on any atom is 0.273 e. The largest absolute Gasteiger partial charge is 0.494 e. The normalized spacial score (nSPS) is 13.5. The van der Waals surface area contributed by atoms with E-state index in [1.165, 1.54) is 20.2 Å². The van der Waals surface area contributed by atoms with Crippen LogP contribution in [0.3, 0.4) is 0 Å². The molecule has 0 aliphatic carbocycles. The van der Waals surface area contributed by atoms with Crippen molar-refractivity contribution in [3.05, 3.63) is 36.3 Å². The van der Waals surface area contributed by atoms with Crippen molar-refractivity contribution in [1.82, 2.24) is 35.2 Å². The summed E-state index contributed by atoms with van der Waals surface area (Å²) >= 11 is 0. The summed E-state index contributed by atoms with van der Waals surface area (Å²) in [4.78, 5) is 43.7. The Hall–Kier alpha value is -4.55. The minimum atomic E-state index is -0.506. The van der Waals surface area contributed by atoms with Gasteiger partial charge in [-0.3, -0.25) is 19.1 Å². The Morgan fingerprint density at radius 3 is 2.45 bits per heavy atom. The molecule has 0 spiro atoms. The third kappa shape index (κ3) is 5.41. The smallest absolute Gasteiger partial charge is 0.273 e. The molecule has 38 heavy (non-hydrogen) atoms. The fraction of sp³-hybridized carbons (Fsp3) is 0.400. The number of carbonyl (C=O) groups excluding carboxylic acids is 3. The summed E-state index contributed by atoms with van der Waals surface area (Å²) in [5.41, 5.74) is 1.00. The second-order valence-corrected chi connectivity index (χ2v) is 9.97. The molecule has 1 fully saturated rings. The summed E-state index contributed by atoms with van der Waals surface area (Å²) in [6.07, 6.45) is 1.58. The Bertz CT molecular complexity index is 1370. The van der Waals surface area contributed by atoms with E-state index in [9.17, 15) is 14.4 Å². The molecule has 1 saturated heterocycles. The fourth-order valence-corrected chi connectivity index (χ4v) is 3.99. The van der Waals surface area contributed by atoms with Gasteiger partial charge in [-0.05, 0) is 12.1 Å². The molecule has 13 nitrogen and oxygen atoms in total. The number of aryl methyl sites for hydroxylation is 1. The number of benzene rings is 1. The molecule has 4 rings (SSSR count). The molecule has 13 heteroatoms. The van der Waals surface area contributed by atoms with Crippen LogP contribution in [0.1, 0.15) is 31.3 Å². The predicted molar refractivity (Wildman–Crippen MR) is 140 cm³/mol. The maximum absolute atomic E-state index is 12.8. The van der Waals surface area contributed by atoms with Crippen molar-refractivity contribution in [3.8, 4) is 17.1 Å². The highest BCUT2D eigenvalue weighted by Gasteiger charge is 2.39.